The number of rotatable bonds is 6. The van der Waals surface area contributed by atoms with Crippen molar-refractivity contribution in [3.63, 3.8) is 0 Å². The quantitative estimate of drug-likeness (QED) is 0.665. The van der Waals surface area contributed by atoms with Crippen LogP contribution >= 0.6 is 0 Å². The average molecular weight is 184 g/mol. The third-order valence-corrected chi connectivity index (χ3v) is 1.85. The summed E-state index contributed by atoms with van der Waals surface area (Å²) in [6.07, 6.45) is 5.66. The van der Waals surface area contributed by atoms with Gasteiger partial charge >= 0.3 is 0 Å². The van der Waals surface area contributed by atoms with Crippen molar-refractivity contribution in [3.8, 4) is 0 Å². The van der Waals surface area contributed by atoms with Crippen molar-refractivity contribution >= 4 is 0 Å². The number of aryl methyl sites for hydroxylation is 1. The summed E-state index contributed by atoms with van der Waals surface area (Å²) >= 11 is 0. The number of unbranched alkanes of at least 4 members (excludes halogenated alkanes) is 1. The number of ether oxygens (including phenoxy) is 1. The molecule has 0 spiro atoms. The van der Waals surface area contributed by atoms with Gasteiger partial charge in [0.15, 0.2) is 0 Å². The highest BCUT2D eigenvalue weighted by Crippen LogP contribution is 1.99. The maximum atomic E-state index is 8.79. The molecule has 1 heterocycles. The van der Waals surface area contributed by atoms with Gasteiger partial charge in [0.1, 0.15) is 0 Å². The molecule has 0 aliphatic rings. The maximum absolute atomic E-state index is 8.79. The molecule has 0 saturated carbocycles. The zero-order valence-corrected chi connectivity index (χ0v) is 7.94. The van der Waals surface area contributed by atoms with Gasteiger partial charge in [0.2, 0.25) is 0 Å². The molecule has 1 aromatic heterocycles. The lowest BCUT2D eigenvalue weighted by Crippen LogP contribution is -1.99. The van der Waals surface area contributed by atoms with E-state index in [1.165, 1.54) is 0 Å². The Morgan fingerprint density at radius 3 is 3.00 bits per heavy atom. The summed E-state index contributed by atoms with van der Waals surface area (Å²) in [6, 6.07) is 0. The average Bonchev–Trinajstić information content (AvgIpc) is 2.60. The monoisotopic (exact) mass is 184 g/mol. The molecule has 1 rings (SSSR count). The van der Waals surface area contributed by atoms with Gasteiger partial charge in [-0.05, 0) is 12.8 Å². The lowest BCUT2D eigenvalue weighted by molar-refractivity contribution is 0.191. The first-order valence-electron chi connectivity index (χ1n) is 4.48. The molecule has 4 nitrogen and oxygen atoms in total. The van der Waals surface area contributed by atoms with E-state index in [4.69, 9.17) is 9.84 Å². The van der Waals surface area contributed by atoms with Gasteiger partial charge in [0.05, 0.1) is 12.8 Å². The molecule has 13 heavy (non-hydrogen) atoms. The van der Waals surface area contributed by atoms with E-state index in [2.05, 4.69) is 5.10 Å². The highest BCUT2D eigenvalue weighted by molar-refractivity contribution is 5.01. The molecule has 1 aromatic rings. The first-order valence-corrected chi connectivity index (χ1v) is 4.48. The Morgan fingerprint density at radius 2 is 2.38 bits per heavy atom. The van der Waals surface area contributed by atoms with E-state index >= 15 is 0 Å². The lowest BCUT2D eigenvalue weighted by Gasteiger charge is -2.00. The summed E-state index contributed by atoms with van der Waals surface area (Å²) in [7, 11) is 1.71. The van der Waals surface area contributed by atoms with Crippen LogP contribution in [-0.2, 0) is 17.9 Å². The number of aromatic nitrogens is 2. The molecule has 0 atom stereocenters. The first kappa shape index (κ1) is 10.2. The predicted molar refractivity (Wildman–Crippen MR) is 49.3 cm³/mol. The van der Waals surface area contributed by atoms with Gasteiger partial charge in [-0.15, -0.1) is 0 Å². The Bertz CT molecular complexity index is 235. The Labute approximate surface area is 78.1 Å². The zero-order chi connectivity index (χ0) is 9.52. The Hall–Kier alpha value is -0.870. The number of hydrogen-bond acceptors (Lipinski definition) is 3. The van der Waals surface area contributed by atoms with E-state index in [0.29, 0.717) is 0 Å². The van der Waals surface area contributed by atoms with Gasteiger partial charge in [-0.2, -0.15) is 5.10 Å². The molecule has 0 fully saturated rings. The van der Waals surface area contributed by atoms with Gasteiger partial charge in [0, 0.05) is 32.0 Å². The summed E-state index contributed by atoms with van der Waals surface area (Å²) in [5, 5.41) is 12.9. The Balaban J connectivity index is 2.20. The number of nitrogens with zero attached hydrogens (tertiary/aromatic N) is 2. The van der Waals surface area contributed by atoms with Crippen LogP contribution in [0.15, 0.2) is 12.4 Å². The smallest absolute Gasteiger partial charge is 0.0712 e. The van der Waals surface area contributed by atoms with E-state index in [0.717, 1.165) is 31.6 Å². The second-order valence-electron chi connectivity index (χ2n) is 2.97. The number of hydrogen-bond donors (Lipinski definition) is 1. The SMILES string of the molecule is COCCCCn1cc(CO)cn1. The molecule has 0 aliphatic carbocycles. The van der Waals surface area contributed by atoms with Crippen LogP contribution in [0.3, 0.4) is 0 Å². The largest absolute Gasteiger partial charge is 0.392 e. The van der Waals surface area contributed by atoms with Crippen LogP contribution in [0.25, 0.3) is 0 Å². The second kappa shape index (κ2) is 5.72. The maximum Gasteiger partial charge on any atom is 0.0712 e. The molecule has 4 heteroatoms. The third-order valence-electron chi connectivity index (χ3n) is 1.85. The van der Waals surface area contributed by atoms with Crippen molar-refractivity contribution < 1.29 is 9.84 Å². The Morgan fingerprint density at radius 1 is 1.54 bits per heavy atom. The van der Waals surface area contributed by atoms with Gasteiger partial charge < -0.3 is 9.84 Å². The van der Waals surface area contributed by atoms with E-state index in [1.807, 2.05) is 10.9 Å². The molecule has 74 valence electrons. The van der Waals surface area contributed by atoms with Crippen molar-refractivity contribution in [1.29, 1.82) is 0 Å². The van der Waals surface area contributed by atoms with Crippen molar-refractivity contribution in [2.75, 3.05) is 13.7 Å². The second-order valence-corrected chi connectivity index (χ2v) is 2.97. The lowest BCUT2D eigenvalue weighted by atomic mass is 10.3. The zero-order valence-electron chi connectivity index (χ0n) is 7.94. The van der Waals surface area contributed by atoms with Gasteiger partial charge in [0.25, 0.3) is 0 Å². The van der Waals surface area contributed by atoms with Crippen LogP contribution in [0.1, 0.15) is 18.4 Å². The first-order chi connectivity index (χ1) is 6.36. The van der Waals surface area contributed by atoms with Crippen LogP contribution in [-0.4, -0.2) is 28.6 Å². The predicted octanol–water partition coefficient (Wildman–Crippen LogP) is 0.802. The fourth-order valence-electron chi connectivity index (χ4n) is 1.13. The summed E-state index contributed by atoms with van der Waals surface area (Å²) in [6.45, 7) is 1.76. The van der Waals surface area contributed by atoms with E-state index in [-0.39, 0.29) is 6.61 Å². The third kappa shape index (κ3) is 3.57. The van der Waals surface area contributed by atoms with Crippen LogP contribution in [0.5, 0.6) is 0 Å². The molecule has 1 N–H and O–H groups in total. The van der Waals surface area contributed by atoms with Crippen molar-refractivity contribution in [2.45, 2.75) is 26.0 Å². The van der Waals surface area contributed by atoms with Gasteiger partial charge in [-0.1, -0.05) is 0 Å². The standard InChI is InChI=1S/C9H16N2O2/c1-13-5-3-2-4-11-7-9(8-12)6-10-11/h6-7,12H,2-5,8H2,1H3. The van der Waals surface area contributed by atoms with Crippen LogP contribution in [0, 0.1) is 0 Å². The minimum atomic E-state index is 0.0675. The summed E-state index contributed by atoms with van der Waals surface area (Å²) in [5.41, 5.74) is 0.867. The van der Waals surface area contributed by atoms with Crippen molar-refractivity contribution in [1.82, 2.24) is 9.78 Å². The molecule has 0 radical (unpaired) electrons. The molecule has 0 saturated heterocycles. The molecule has 0 unspecified atom stereocenters. The minimum absolute atomic E-state index is 0.0675. The van der Waals surface area contributed by atoms with Crippen LogP contribution in [0.2, 0.25) is 0 Å². The van der Waals surface area contributed by atoms with Gasteiger partial charge in [-0.25, -0.2) is 0 Å². The fourth-order valence-corrected chi connectivity index (χ4v) is 1.13. The Kier molecular flexibility index (Phi) is 4.49. The number of aliphatic hydroxyl groups excluding tert-OH is 1. The topological polar surface area (TPSA) is 47.3 Å². The fraction of sp³-hybridized carbons (Fsp3) is 0.667. The normalized spacial score (nSPS) is 10.6. The molecule has 0 bridgehead atoms. The van der Waals surface area contributed by atoms with Gasteiger partial charge in [-0.3, -0.25) is 4.68 Å². The van der Waals surface area contributed by atoms with E-state index in [9.17, 15) is 0 Å². The highest BCUT2D eigenvalue weighted by atomic mass is 16.5. The summed E-state index contributed by atoms with van der Waals surface area (Å²) in [4.78, 5) is 0. The highest BCUT2D eigenvalue weighted by Gasteiger charge is 1.96. The molecule has 0 amide bonds. The van der Waals surface area contributed by atoms with Crippen molar-refractivity contribution in [3.05, 3.63) is 18.0 Å². The molecular weight excluding hydrogens is 168 g/mol. The van der Waals surface area contributed by atoms with Crippen molar-refractivity contribution in [2.24, 2.45) is 0 Å². The summed E-state index contributed by atoms with van der Waals surface area (Å²) < 4.78 is 6.78. The van der Waals surface area contributed by atoms with E-state index in [1.54, 1.807) is 13.3 Å². The van der Waals surface area contributed by atoms with Crippen LogP contribution < -0.4 is 0 Å². The molecule has 0 aliphatic heterocycles. The summed E-state index contributed by atoms with van der Waals surface area (Å²) in [5.74, 6) is 0. The van der Waals surface area contributed by atoms with E-state index < -0.39 is 0 Å². The number of methoxy groups -OCH3 is 1. The molecular formula is C9H16N2O2. The number of aliphatic hydroxyl groups is 1. The van der Waals surface area contributed by atoms with Crippen LogP contribution in [0.4, 0.5) is 0 Å². The minimum Gasteiger partial charge on any atom is -0.392 e. The molecule has 0 aromatic carbocycles.